The molecular formula is C7H13IO2. The zero-order valence-electron chi connectivity index (χ0n) is 6.14. The second-order valence-electron chi connectivity index (χ2n) is 3.22. The summed E-state index contributed by atoms with van der Waals surface area (Å²) in [6.45, 7) is 2.91. The van der Waals surface area contributed by atoms with Gasteiger partial charge < -0.3 is 9.84 Å². The van der Waals surface area contributed by atoms with E-state index in [0.29, 0.717) is 12.0 Å². The highest BCUT2D eigenvalue weighted by Crippen LogP contribution is 2.33. The summed E-state index contributed by atoms with van der Waals surface area (Å²) < 4.78 is 6.13. The third-order valence-electron chi connectivity index (χ3n) is 2.01. The average molecular weight is 256 g/mol. The van der Waals surface area contributed by atoms with Crippen LogP contribution in [0, 0.1) is 5.41 Å². The number of alkyl halides is 1. The van der Waals surface area contributed by atoms with Gasteiger partial charge in [-0.1, -0.05) is 29.5 Å². The van der Waals surface area contributed by atoms with Crippen LogP contribution in [0.4, 0.5) is 0 Å². The first-order valence-corrected chi connectivity index (χ1v) is 5.04. The van der Waals surface area contributed by atoms with Gasteiger partial charge in [-0.2, -0.15) is 0 Å². The van der Waals surface area contributed by atoms with Crippen molar-refractivity contribution in [2.75, 3.05) is 11.0 Å². The molecule has 1 rings (SSSR count). The lowest BCUT2D eigenvalue weighted by molar-refractivity contribution is -0.152. The van der Waals surface area contributed by atoms with Crippen molar-refractivity contribution in [3.05, 3.63) is 0 Å². The Kier molecular flexibility index (Phi) is 2.94. The fourth-order valence-corrected chi connectivity index (χ4v) is 1.84. The summed E-state index contributed by atoms with van der Waals surface area (Å²) in [4.78, 5) is 0. The van der Waals surface area contributed by atoms with E-state index < -0.39 is 6.29 Å². The Morgan fingerprint density at radius 1 is 1.80 bits per heavy atom. The molecule has 0 spiro atoms. The molecule has 2 atom stereocenters. The minimum absolute atomic E-state index is 0.304. The molecule has 0 aliphatic carbocycles. The van der Waals surface area contributed by atoms with Crippen molar-refractivity contribution in [3.8, 4) is 0 Å². The van der Waals surface area contributed by atoms with E-state index in [1.54, 1.807) is 0 Å². The minimum atomic E-state index is -0.520. The van der Waals surface area contributed by atoms with Crippen molar-refractivity contribution in [1.29, 1.82) is 0 Å². The van der Waals surface area contributed by atoms with Crippen molar-refractivity contribution in [1.82, 2.24) is 0 Å². The summed E-state index contributed by atoms with van der Waals surface area (Å²) >= 11 is 2.37. The Hall–Kier alpha value is 0.650. The highest BCUT2D eigenvalue weighted by molar-refractivity contribution is 14.1. The van der Waals surface area contributed by atoms with E-state index in [0.717, 1.165) is 17.3 Å². The number of ether oxygens (including phenoxy) is 1. The first kappa shape index (κ1) is 8.74. The maximum atomic E-state index is 9.15. The van der Waals surface area contributed by atoms with Gasteiger partial charge in [-0.3, -0.25) is 0 Å². The minimum Gasteiger partial charge on any atom is -0.368 e. The van der Waals surface area contributed by atoms with Gasteiger partial charge in [0.15, 0.2) is 6.29 Å². The fraction of sp³-hybridized carbons (Fsp3) is 1.00. The van der Waals surface area contributed by atoms with Gasteiger partial charge in [0.2, 0.25) is 0 Å². The Morgan fingerprint density at radius 3 is 2.90 bits per heavy atom. The molecule has 0 saturated carbocycles. The van der Waals surface area contributed by atoms with Gasteiger partial charge in [-0.05, 0) is 11.8 Å². The molecule has 0 aromatic rings. The standard InChI is InChI=1S/C7H13IO2/c1-7(5-8)2-3-10-6(9)4-7/h6,9H,2-5H2,1H3. The van der Waals surface area contributed by atoms with Gasteiger partial charge in [0.25, 0.3) is 0 Å². The lowest BCUT2D eigenvalue weighted by Gasteiger charge is -2.34. The molecule has 1 N–H and O–H groups in total. The molecule has 1 fully saturated rings. The molecule has 10 heavy (non-hydrogen) atoms. The predicted molar refractivity (Wildman–Crippen MR) is 48.2 cm³/mol. The molecule has 0 amide bonds. The maximum absolute atomic E-state index is 9.15. The molecule has 1 heterocycles. The molecule has 2 unspecified atom stereocenters. The van der Waals surface area contributed by atoms with Gasteiger partial charge in [-0.25, -0.2) is 0 Å². The van der Waals surface area contributed by atoms with Crippen molar-refractivity contribution in [3.63, 3.8) is 0 Å². The highest BCUT2D eigenvalue weighted by atomic mass is 127. The number of hydrogen-bond acceptors (Lipinski definition) is 2. The molecule has 0 aromatic carbocycles. The van der Waals surface area contributed by atoms with Gasteiger partial charge >= 0.3 is 0 Å². The van der Waals surface area contributed by atoms with E-state index in [4.69, 9.17) is 9.84 Å². The summed E-state index contributed by atoms with van der Waals surface area (Å²) in [7, 11) is 0. The first-order valence-electron chi connectivity index (χ1n) is 3.52. The van der Waals surface area contributed by atoms with Crippen LogP contribution < -0.4 is 0 Å². The summed E-state index contributed by atoms with van der Waals surface area (Å²) in [5.41, 5.74) is 0.304. The Bertz CT molecular complexity index is 118. The van der Waals surface area contributed by atoms with E-state index in [-0.39, 0.29) is 0 Å². The Labute approximate surface area is 75.1 Å². The maximum Gasteiger partial charge on any atom is 0.155 e. The third-order valence-corrected chi connectivity index (χ3v) is 3.85. The SMILES string of the molecule is CC1(CI)CCOC(O)C1. The number of aliphatic hydroxyl groups excluding tert-OH is 1. The molecule has 0 bridgehead atoms. The number of aliphatic hydroxyl groups is 1. The summed E-state index contributed by atoms with van der Waals surface area (Å²) in [5.74, 6) is 0. The van der Waals surface area contributed by atoms with Crippen LogP contribution in [-0.4, -0.2) is 22.4 Å². The average Bonchev–Trinajstić information content (AvgIpc) is 1.88. The lowest BCUT2D eigenvalue weighted by atomic mass is 9.84. The van der Waals surface area contributed by atoms with Gasteiger partial charge in [-0.15, -0.1) is 0 Å². The third kappa shape index (κ3) is 2.07. The molecule has 3 heteroatoms. The van der Waals surface area contributed by atoms with E-state index in [1.807, 2.05) is 0 Å². The van der Waals surface area contributed by atoms with Crippen LogP contribution in [0.5, 0.6) is 0 Å². The predicted octanol–water partition coefficient (Wildman–Crippen LogP) is 1.56. The van der Waals surface area contributed by atoms with Crippen LogP contribution in [-0.2, 0) is 4.74 Å². The Balaban J connectivity index is 2.45. The topological polar surface area (TPSA) is 29.5 Å². The molecule has 60 valence electrons. The molecule has 0 radical (unpaired) electrons. The van der Waals surface area contributed by atoms with E-state index in [2.05, 4.69) is 29.5 Å². The number of halogens is 1. The van der Waals surface area contributed by atoms with Gasteiger partial charge in [0.1, 0.15) is 0 Å². The lowest BCUT2D eigenvalue weighted by Crippen LogP contribution is -2.33. The van der Waals surface area contributed by atoms with Crippen molar-refractivity contribution in [2.45, 2.75) is 26.1 Å². The number of hydrogen-bond donors (Lipinski definition) is 1. The van der Waals surface area contributed by atoms with E-state index in [9.17, 15) is 0 Å². The Morgan fingerprint density at radius 2 is 2.50 bits per heavy atom. The monoisotopic (exact) mass is 256 g/mol. The van der Waals surface area contributed by atoms with Crippen LogP contribution in [0.2, 0.25) is 0 Å². The van der Waals surface area contributed by atoms with E-state index in [1.165, 1.54) is 0 Å². The van der Waals surface area contributed by atoms with Crippen LogP contribution in [0.1, 0.15) is 19.8 Å². The smallest absolute Gasteiger partial charge is 0.155 e. The quantitative estimate of drug-likeness (QED) is 0.569. The summed E-state index contributed by atoms with van der Waals surface area (Å²) in [6, 6.07) is 0. The second-order valence-corrected chi connectivity index (χ2v) is 3.99. The summed E-state index contributed by atoms with van der Waals surface area (Å²) in [5, 5.41) is 9.15. The van der Waals surface area contributed by atoms with Crippen molar-refractivity contribution < 1.29 is 9.84 Å². The van der Waals surface area contributed by atoms with E-state index >= 15 is 0 Å². The van der Waals surface area contributed by atoms with Crippen LogP contribution in [0.15, 0.2) is 0 Å². The fourth-order valence-electron chi connectivity index (χ4n) is 1.15. The molecule has 2 nitrogen and oxygen atoms in total. The van der Waals surface area contributed by atoms with Crippen LogP contribution >= 0.6 is 22.6 Å². The second kappa shape index (κ2) is 3.36. The molecule has 0 aromatic heterocycles. The molecule has 1 aliphatic heterocycles. The van der Waals surface area contributed by atoms with Crippen LogP contribution in [0.25, 0.3) is 0 Å². The van der Waals surface area contributed by atoms with Crippen LogP contribution in [0.3, 0.4) is 0 Å². The zero-order valence-corrected chi connectivity index (χ0v) is 8.30. The molecule has 1 saturated heterocycles. The molecule has 1 aliphatic rings. The van der Waals surface area contributed by atoms with Gasteiger partial charge in [0.05, 0.1) is 6.61 Å². The zero-order chi connectivity index (χ0) is 7.61. The van der Waals surface area contributed by atoms with Crippen molar-refractivity contribution >= 4 is 22.6 Å². The summed E-state index contributed by atoms with van der Waals surface area (Å²) in [6.07, 6.45) is 1.34. The van der Waals surface area contributed by atoms with Crippen molar-refractivity contribution in [2.24, 2.45) is 5.41 Å². The number of rotatable bonds is 1. The first-order chi connectivity index (χ1) is 4.66. The largest absolute Gasteiger partial charge is 0.368 e. The highest BCUT2D eigenvalue weighted by Gasteiger charge is 2.30. The molecular weight excluding hydrogens is 243 g/mol. The normalized spacial score (nSPS) is 41.7. The van der Waals surface area contributed by atoms with Gasteiger partial charge in [0, 0.05) is 10.8 Å².